The van der Waals surface area contributed by atoms with Crippen LogP contribution in [0.5, 0.6) is 0 Å². The van der Waals surface area contributed by atoms with E-state index in [-0.39, 0.29) is 29.8 Å². The summed E-state index contributed by atoms with van der Waals surface area (Å²) >= 11 is 0. The van der Waals surface area contributed by atoms with E-state index in [9.17, 15) is 13.2 Å². The number of sulfonamides is 1. The van der Waals surface area contributed by atoms with Gasteiger partial charge in [-0.1, -0.05) is 25.1 Å². The minimum Gasteiger partial charge on any atom is -0.354 e. The Morgan fingerprint density at radius 3 is 2.38 bits per heavy atom. The molecule has 2 N–H and O–H groups in total. The molecule has 0 heterocycles. The van der Waals surface area contributed by atoms with Gasteiger partial charge in [0.2, 0.25) is 15.9 Å². The molecule has 0 aromatic heterocycles. The first-order chi connectivity index (χ1) is 9.48. The first kappa shape index (κ1) is 19.9. The molecule has 1 aromatic carbocycles. The average molecular weight is 336 g/mol. The van der Waals surface area contributed by atoms with Gasteiger partial charge in [-0.3, -0.25) is 4.79 Å². The Hall–Kier alpha value is -1.15. The molecule has 0 aliphatic heterocycles. The van der Waals surface area contributed by atoms with Gasteiger partial charge in [-0.2, -0.15) is 4.31 Å². The third-order valence-corrected chi connectivity index (χ3v) is 4.51. The number of hydrogen-bond donors (Lipinski definition) is 2. The Morgan fingerprint density at radius 1 is 1.19 bits per heavy atom. The summed E-state index contributed by atoms with van der Waals surface area (Å²) < 4.78 is 25.4. The zero-order valence-corrected chi connectivity index (χ0v) is 13.8. The van der Waals surface area contributed by atoms with Crippen LogP contribution in [0.4, 0.5) is 0 Å². The number of hydrogen-bond acceptors (Lipinski definition) is 4. The molecule has 0 radical (unpaired) electrons. The molecule has 0 saturated heterocycles. The van der Waals surface area contributed by atoms with Gasteiger partial charge in [0.1, 0.15) is 0 Å². The fraction of sp³-hybridized carbons (Fsp3) is 0.462. The van der Waals surface area contributed by atoms with Crippen LogP contribution in [-0.2, 0) is 14.8 Å². The normalized spacial score (nSPS) is 11.0. The van der Waals surface area contributed by atoms with Crippen molar-refractivity contribution in [2.45, 2.75) is 11.8 Å². The van der Waals surface area contributed by atoms with E-state index < -0.39 is 10.0 Å². The van der Waals surface area contributed by atoms with Crippen LogP contribution in [0, 0.1) is 0 Å². The van der Waals surface area contributed by atoms with Crippen LogP contribution in [-0.4, -0.2) is 51.9 Å². The molecule has 1 amide bonds. The Kier molecular flexibility index (Phi) is 9.19. The van der Waals surface area contributed by atoms with E-state index in [1.807, 2.05) is 6.92 Å². The van der Waals surface area contributed by atoms with Crippen molar-refractivity contribution in [2.75, 3.05) is 33.2 Å². The maximum absolute atomic E-state index is 12.2. The highest BCUT2D eigenvalue weighted by Crippen LogP contribution is 2.12. The predicted octanol–water partition coefficient (Wildman–Crippen LogP) is 0.455. The lowest BCUT2D eigenvalue weighted by Gasteiger charge is -2.16. The molecule has 0 atom stereocenters. The number of nitrogens with zero attached hydrogens (tertiary/aromatic N) is 1. The van der Waals surface area contributed by atoms with Gasteiger partial charge >= 0.3 is 0 Å². The summed E-state index contributed by atoms with van der Waals surface area (Å²) in [5.74, 6) is -0.315. The van der Waals surface area contributed by atoms with Gasteiger partial charge in [0.15, 0.2) is 0 Å². The number of nitrogens with one attached hydrogen (secondary N) is 2. The van der Waals surface area contributed by atoms with Gasteiger partial charge in [0.25, 0.3) is 0 Å². The average Bonchev–Trinajstić information content (AvgIpc) is 2.44. The molecule has 120 valence electrons. The van der Waals surface area contributed by atoms with E-state index >= 15 is 0 Å². The summed E-state index contributed by atoms with van der Waals surface area (Å²) in [5.41, 5.74) is 0. The van der Waals surface area contributed by atoms with Crippen molar-refractivity contribution in [3.05, 3.63) is 30.3 Å². The third-order valence-electron chi connectivity index (χ3n) is 2.69. The highest BCUT2D eigenvalue weighted by Gasteiger charge is 2.22. The summed E-state index contributed by atoms with van der Waals surface area (Å²) in [5, 5.41) is 5.73. The van der Waals surface area contributed by atoms with Gasteiger partial charge in [0, 0.05) is 20.1 Å². The fourth-order valence-electron chi connectivity index (χ4n) is 1.58. The van der Waals surface area contributed by atoms with E-state index in [0.717, 1.165) is 10.8 Å². The quantitative estimate of drug-likeness (QED) is 0.676. The summed E-state index contributed by atoms with van der Waals surface area (Å²) in [4.78, 5) is 11.8. The number of halogens is 1. The Morgan fingerprint density at radius 2 is 1.81 bits per heavy atom. The number of carbonyl (C=O) groups is 1. The molecule has 1 rings (SSSR count). The first-order valence-electron chi connectivity index (χ1n) is 6.47. The standard InChI is InChI=1S/C13H21N3O3S.ClH/c1-3-14-9-10-15-13(17)11-16(2)20(18,19)12-7-5-4-6-8-12;/h4-8,14H,3,9-11H2,1-2H3,(H,15,17);1H. The molecule has 1 aromatic rings. The summed E-state index contributed by atoms with van der Waals surface area (Å²) in [6.07, 6.45) is 0. The second kappa shape index (κ2) is 9.73. The highest BCUT2D eigenvalue weighted by molar-refractivity contribution is 7.89. The van der Waals surface area contributed by atoms with E-state index in [0.29, 0.717) is 13.1 Å². The van der Waals surface area contributed by atoms with Crippen molar-refractivity contribution < 1.29 is 13.2 Å². The van der Waals surface area contributed by atoms with E-state index in [1.54, 1.807) is 18.2 Å². The largest absolute Gasteiger partial charge is 0.354 e. The first-order valence-corrected chi connectivity index (χ1v) is 7.91. The lowest BCUT2D eigenvalue weighted by Crippen LogP contribution is -2.40. The van der Waals surface area contributed by atoms with Crippen LogP contribution in [0.25, 0.3) is 0 Å². The maximum atomic E-state index is 12.2. The van der Waals surface area contributed by atoms with Crippen LogP contribution in [0.15, 0.2) is 35.2 Å². The maximum Gasteiger partial charge on any atom is 0.243 e. The van der Waals surface area contributed by atoms with Gasteiger partial charge in [-0.15, -0.1) is 12.4 Å². The molecule has 0 bridgehead atoms. The van der Waals surface area contributed by atoms with E-state index in [4.69, 9.17) is 0 Å². The van der Waals surface area contributed by atoms with Crippen LogP contribution in [0.1, 0.15) is 6.92 Å². The monoisotopic (exact) mass is 335 g/mol. The number of carbonyl (C=O) groups excluding carboxylic acids is 1. The topological polar surface area (TPSA) is 78.5 Å². The lowest BCUT2D eigenvalue weighted by atomic mass is 10.4. The van der Waals surface area contributed by atoms with Gasteiger partial charge in [-0.25, -0.2) is 8.42 Å². The van der Waals surface area contributed by atoms with Gasteiger partial charge < -0.3 is 10.6 Å². The van der Waals surface area contributed by atoms with Gasteiger partial charge in [-0.05, 0) is 18.7 Å². The van der Waals surface area contributed by atoms with Crippen LogP contribution >= 0.6 is 12.4 Å². The van der Waals surface area contributed by atoms with E-state index in [2.05, 4.69) is 10.6 Å². The van der Waals surface area contributed by atoms with Crippen molar-refractivity contribution in [3.63, 3.8) is 0 Å². The molecule has 0 fully saturated rings. The Balaban J connectivity index is 0.00000400. The number of benzene rings is 1. The van der Waals surface area contributed by atoms with Gasteiger partial charge in [0.05, 0.1) is 11.4 Å². The fourth-order valence-corrected chi connectivity index (χ4v) is 2.73. The second-order valence-corrected chi connectivity index (χ2v) is 6.32. The highest BCUT2D eigenvalue weighted by atomic mass is 35.5. The SMILES string of the molecule is CCNCCNC(=O)CN(C)S(=O)(=O)c1ccccc1.Cl. The number of likely N-dealkylation sites (N-methyl/N-ethyl adjacent to an activating group) is 2. The smallest absolute Gasteiger partial charge is 0.243 e. The molecule has 6 nitrogen and oxygen atoms in total. The minimum absolute atomic E-state index is 0. The molecule has 21 heavy (non-hydrogen) atoms. The van der Waals surface area contributed by atoms with E-state index in [1.165, 1.54) is 19.2 Å². The molecule has 0 saturated carbocycles. The molecule has 0 spiro atoms. The number of rotatable bonds is 8. The third kappa shape index (κ3) is 6.43. The van der Waals surface area contributed by atoms with Crippen molar-refractivity contribution in [1.29, 1.82) is 0 Å². The summed E-state index contributed by atoms with van der Waals surface area (Å²) in [6, 6.07) is 8.06. The van der Waals surface area contributed by atoms with Crippen LogP contribution in [0.2, 0.25) is 0 Å². The minimum atomic E-state index is -3.61. The Labute approximate surface area is 132 Å². The number of amides is 1. The lowest BCUT2D eigenvalue weighted by molar-refractivity contribution is -0.121. The molecule has 0 unspecified atom stereocenters. The second-order valence-electron chi connectivity index (χ2n) is 4.28. The van der Waals surface area contributed by atoms with Crippen molar-refractivity contribution in [1.82, 2.24) is 14.9 Å². The summed E-state index contributed by atoms with van der Waals surface area (Å²) in [6.45, 7) is 3.76. The van der Waals surface area contributed by atoms with Crippen molar-refractivity contribution in [3.8, 4) is 0 Å². The molecule has 8 heteroatoms. The molecule has 0 aliphatic rings. The Bertz CT molecular complexity index is 523. The van der Waals surface area contributed by atoms with Crippen molar-refractivity contribution in [2.24, 2.45) is 0 Å². The zero-order valence-electron chi connectivity index (χ0n) is 12.2. The summed E-state index contributed by atoms with van der Waals surface area (Å²) in [7, 11) is -2.22. The van der Waals surface area contributed by atoms with Crippen molar-refractivity contribution >= 4 is 28.3 Å². The molecular weight excluding hydrogens is 314 g/mol. The molecular formula is C13H22ClN3O3S. The zero-order chi connectivity index (χ0) is 15.0. The molecule has 0 aliphatic carbocycles. The van der Waals surface area contributed by atoms with Crippen LogP contribution < -0.4 is 10.6 Å². The predicted molar refractivity (Wildman–Crippen MR) is 85.1 cm³/mol. The van der Waals surface area contributed by atoms with Crippen LogP contribution in [0.3, 0.4) is 0 Å².